The Morgan fingerprint density at radius 1 is 1.25 bits per heavy atom. The van der Waals surface area contributed by atoms with Gasteiger partial charge in [-0.25, -0.2) is 0 Å². The second-order valence-electron chi connectivity index (χ2n) is 4.76. The van der Waals surface area contributed by atoms with Crippen molar-refractivity contribution in [2.45, 2.75) is 13.3 Å². The molecule has 0 saturated carbocycles. The molecule has 0 unspecified atom stereocenters. The number of nitro groups is 1. The van der Waals surface area contributed by atoms with E-state index in [2.05, 4.69) is 5.32 Å². The molecule has 1 aliphatic carbocycles. The van der Waals surface area contributed by atoms with Gasteiger partial charge >= 0.3 is 0 Å². The van der Waals surface area contributed by atoms with Crippen LogP contribution in [-0.4, -0.2) is 10.8 Å². The predicted octanol–water partition coefficient (Wildman–Crippen LogP) is 3.12. The van der Waals surface area contributed by atoms with Crippen LogP contribution in [0.15, 0.2) is 36.4 Å². The minimum Gasteiger partial charge on any atom is -0.326 e. The van der Waals surface area contributed by atoms with E-state index in [1.165, 1.54) is 13.0 Å². The van der Waals surface area contributed by atoms with Crippen molar-refractivity contribution in [2.24, 2.45) is 0 Å². The topological polar surface area (TPSA) is 72.2 Å². The number of nitrogens with one attached hydrogen (secondary N) is 1. The molecule has 20 heavy (non-hydrogen) atoms. The molecule has 1 aliphatic rings. The monoisotopic (exact) mass is 268 g/mol. The molecule has 2 aromatic carbocycles. The summed E-state index contributed by atoms with van der Waals surface area (Å²) in [4.78, 5) is 22.1. The lowest BCUT2D eigenvalue weighted by molar-refractivity contribution is -0.384. The number of hydrogen-bond acceptors (Lipinski definition) is 3. The number of carbonyl (C=O) groups is 1. The number of benzene rings is 2. The second kappa shape index (κ2) is 4.45. The highest BCUT2D eigenvalue weighted by molar-refractivity contribution is 5.95. The van der Waals surface area contributed by atoms with E-state index in [1.54, 1.807) is 6.07 Å². The van der Waals surface area contributed by atoms with Gasteiger partial charge in [-0.3, -0.25) is 14.9 Å². The molecule has 0 bridgehead atoms. The molecule has 0 saturated heterocycles. The number of amides is 1. The van der Waals surface area contributed by atoms with Crippen LogP contribution in [0.3, 0.4) is 0 Å². The first-order valence-corrected chi connectivity index (χ1v) is 6.24. The number of nitrogens with zero attached hydrogens (tertiary/aromatic N) is 1. The largest absolute Gasteiger partial charge is 0.326 e. The van der Waals surface area contributed by atoms with E-state index in [0.29, 0.717) is 17.7 Å². The van der Waals surface area contributed by atoms with E-state index in [1.807, 2.05) is 24.3 Å². The van der Waals surface area contributed by atoms with E-state index in [9.17, 15) is 14.9 Å². The van der Waals surface area contributed by atoms with Crippen molar-refractivity contribution in [3.05, 3.63) is 57.6 Å². The minimum absolute atomic E-state index is 0.0825. The van der Waals surface area contributed by atoms with Crippen LogP contribution >= 0.6 is 0 Å². The van der Waals surface area contributed by atoms with Gasteiger partial charge < -0.3 is 5.32 Å². The fourth-order valence-electron chi connectivity index (χ4n) is 2.69. The van der Waals surface area contributed by atoms with Crippen molar-refractivity contribution < 1.29 is 9.72 Å². The summed E-state index contributed by atoms with van der Waals surface area (Å²) in [6.45, 7) is 1.43. The zero-order chi connectivity index (χ0) is 14.3. The van der Waals surface area contributed by atoms with Gasteiger partial charge in [-0.15, -0.1) is 0 Å². The van der Waals surface area contributed by atoms with Crippen LogP contribution in [0.4, 0.5) is 11.4 Å². The van der Waals surface area contributed by atoms with Gasteiger partial charge in [0, 0.05) is 25.1 Å². The van der Waals surface area contributed by atoms with Crippen LogP contribution in [0.25, 0.3) is 11.1 Å². The Morgan fingerprint density at radius 3 is 2.70 bits per heavy atom. The van der Waals surface area contributed by atoms with E-state index >= 15 is 0 Å². The van der Waals surface area contributed by atoms with E-state index < -0.39 is 0 Å². The van der Waals surface area contributed by atoms with Gasteiger partial charge in [0.2, 0.25) is 5.91 Å². The molecule has 0 aliphatic heterocycles. The van der Waals surface area contributed by atoms with Crippen molar-refractivity contribution in [1.29, 1.82) is 0 Å². The lowest BCUT2D eigenvalue weighted by Crippen LogP contribution is -2.08. The summed E-state index contributed by atoms with van der Waals surface area (Å²) in [6, 6.07) is 10.7. The Kier molecular flexibility index (Phi) is 2.75. The number of anilines is 1. The molecule has 5 nitrogen and oxygen atoms in total. The summed E-state index contributed by atoms with van der Waals surface area (Å²) in [5.74, 6) is -0.183. The van der Waals surface area contributed by atoms with Gasteiger partial charge in [-0.05, 0) is 22.8 Å². The molecular formula is C15H12N2O3. The molecule has 100 valence electrons. The van der Waals surface area contributed by atoms with Gasteiger partial charge in [0.05, 0.1) is 10.5 Å². The van der Waals surface area contributed by atoms with Gasteiger partial charge in [0.15, 0.2) is 0 Å². The maximum absolute atomic E-state index is 11.3. The van der Waals surface area contributed by atoms with Crippen LogP contribution < -0.4 is 5.32 Å². The molecule has 0 spiro atoms. The summed E-state index contributed by atoms with van der Waals surface area (Å²) in [5, 5.41) is 14.0. The molecular weight excluding hydrogens is 256 g/mol. The molecule has 0 heterocycles. The first-order valence-electron chi connectivity index (χ1n) is 6.24. The van der Waals surface area contributed by atoms with Crippen LogP contribution in [0, 0.1) is 10.1 Å². The van der Waals surface area contributed by atoms with Crippen LogP contribution in [-0.2, 0) is 11.2 Å². The summed E-state index contributed by atoms with van der Waals surface area (Å²) in [5.41, 5.74) is 4.09. The third kappa shape index (κ3) is 1.84. The maximum atomic E-state index is 11.3. The first-order chi connectivity index (χ1) is 9.58. The maximum Gasteiger partial charge on any atom is 0.277 e. The highest BCUT2D eigenvalue weighted by atomic mass is 16.6. The number of hydrogen-bond donors (Lipinski definition) is 1. The molecule has 0 aromatic heterocycles. The minimum atomic E-state index is -0.377. The third-order valence-electron chi connectivity index (χ3n) is 3.45. The molecule has 5 heteroatoms. The predicted molar refractivity (Wildman–Crippen MR) is 75.6 cm³/mol. The summed E-state index contributed by atoms with van der Waals surface area (Å²) < 4.78 is 0. The Morgan fingerprint density at radius 2 is 2.00 bits per heavy atom. The van der Waals surface area contributed by atoms with E-state index in [-0.39, 0.29) is 16.5 Å². The Hall–Kier alpha value is -2.69. The molecule has 0 radical (unpaired) electrons. The lowest BCUT2D eigenvalue weighted by atomic mass is 10.0. The van der Waals surface area contributed by atoms with Gasteiger partial charge in [0.1, 0.15) is 0 Å². The highest BCUT2D eigenvalue weighted by Crippen LogP contribution is 2.45. The summed E-state index contributed by atoms with van der Waals surface area (Å²) in [7, 11) is 0. The van der Waals surface area contributed by atoms with Gasteiger partial charge in [-0.2, -0.15) is 0 Å². The first kappa shape index (κ1) is 12.3. The highest BCUT2D eigenvalue weighted by Gasteiger charge is 2.29. The molecule has 0 fully saturated rings. The standard InChI is InChI=1S/C15H12N2O3/c1-9(18)16-13-6-7-14(17(19)20)15-11-5-3-2-4-10(11)8-12(13)15/h2-7H,8H2,1H3,(H,16,18). The lowest BCUT2D eigenvalue weighted by Gasteiger charge is -2.09. The Labute approximate surface area is 115 Å². The number of nitro benzene ring substituents is 1. The van der Waals surface area contributed by atoms with Crippen molar-refractivity contribution in [2.75, 3.05) is 5.32 Å². The van der Waals surface area contributed by atoms with Crippen molar-refractivity contribution >= 4 is 17.3 Å². The van der Waals surface area contributed by atoms with E-state index in [4.69, 9.17) is 0 Å². The van der Waals surface area contributed by atoms with Crippen molar-refractivity contribution in [3.8, 4) is 11.1 Å². The van der Waals surface area contributed by atoms with E-state index in [0.717, 1.165) is 16.7 Å². The normalized spacial score (nSPS) is 11.7. The average molecular weight is 268 g/mol. The van der Waals surface area contributed by atoms with Gasteiger partial charge in [-0.1, -0.05) is 24.3 Å². The molecule has 1 amide bonds. The Balaban J connectivity index is 2.26. The smallest absolute Gasteiger partial charge is 0.277 e. The number of rotatable bonds is 2. The molecule has 2 aromatic rings. The summed E-state index contributed by atoms with van der Waals surface area (Å²) >= 11 is 0. The SMILES string of the molecule is CC(=O)Nc1ccc([N+](=O)[O-])c2c1Cc1ccccc1-2. The van der Waals surface area contributed by atoms with Crippen molar-refractivity contribution in [3.63, 3.8) is 0 Å². The van der Waals surface area contributed by atoms with Crippen molar-refractivity contribution in [1.82, 2.24) is 0 Å². The molecule has 1 N–H and O–H groups in total. The van der Waals surface area contributed by atoms with Crippen LogP contribution in [0.5, 0.6) is 0 Å². The number of fused-ring (bicyclic) bond motifs is 3. The third-order valence-corrected chi connectivity index (χ3v) is 3.45. The fraction of sp³-hybridized carbons (Fsp3) is 0.133. The van der Waals surface area contributed by atoms with Crippen LogP contribution in [0.2, 0.25) is 0 Å². The van der Waals surface area contributed by atoms with Gasteiger partial charge in [0.25, 0.3) is 5.69 Å². The molecule has 3 rings (SSSR count). The molecule has 0 atom stereocenters. The summed E-state index contributed by atoms with van der Waals surface area (Å²) in [6.07, 6.45) is 0.600. The second-order valence-corrected chi connectivity index (χ2v) is 4.76. The zero-order valence-corrected chi connectivity index (χ0v) is 10.8. The average Bonchev–Trinajstić information content (AvgIpc) is 2.78. The number of carbonyl (C=O) groups excluding carboxylic acids is 1. The van der Waals surface area contributed by atoms with Crippen LogP contribution in [0.1, 0.15) is 18.1 Å². The Bertz CT molecular complexity index is 738. The fourth-order valence-corrected chi connectivity index (χ4v) is 2.69. The quantitative estimate of drug-likeness (QED) is 0.573. The zero-order valence-electron chi connectivity index (χ0n) is 10.8.